The standard InChI is InChI=1S/C14H15NO5S2/c16-11(15-6-14(19)2-1-3-20-7-14)9-4-8-5-10(12(17)18)22-13(8)21-9/h4-5,19H,1-3,6-7H2,(H,15,16)(H,17,18). The van der Waals surface area contributed by atoms with Crippen LogP contribution in [-0.4, -0.2) is 47.4 Å². The summed E-state index contributed by atoms with van der Waals surface area (Å²) in [6.45, 7) is 1.02. The Morgan fingerprint density at radius 2 is 2.05 bits per heavy atom. The molecule has 0 saturated carbocycles. The van der Waals surface area contributed by atoms with Gasteiger partial charge in [0.2, 0.25) is 0 Å². The highest BCUT2D eigenvalue weighted by Gasteiger charge is 2.30. The van der Waals surface area contributed by atoms with E-state index in [1.165, 1.54) is 11.3 Å². The highest BCUT2D eigenvalue weighted by atomic mass is 32.2. The van der Waals surface area contributed by atoms with Crippen LogP contribution in [0.3, 0.4) is 0 Å². The first kappa shape index (κ1) is 15.4. The molecular weight excluding hydrogens is 326 g/mol. The largest absolute Gasteiger partial charge is 0.477 e. The van der Waals surface area contributed by atoms with E-state index in [9.17, 15) is 14.7 Å². The van der Waals surface area contributed by atoms with Crippen LogP contribution in [0.5, 0.6) is 0 Å². The molecule has 8 heteroatoms. The molecule has 0 aliphatic carbocycles. The van der Waals surface area contributed by atoms with E-state index in [2.05, 4.69) is 5.32 Å². The minimum absolute atomic E-state index is 0.151. The second-order valence-corrected chi connectivity index (χ2v) is 7.70. The van der Waals surface area contributed by atoms with Gasteiger partial charge in [-0.25, -0.2) is 4.79 Å². The van der Waals surface area contributed by atoms with Gasteiger partial charge in [0.15, 0.2) is 0 Å². The number of ether oxygens (including phenoxy) is 1. The summed E-state index contributed by atoms with van der Waals surface area (Å²) in [6, 6.07) is 3.25. The van der Waals surface area contributed by atoms with Gasteiger partial charge in [-0.1, -0.05) is 0 Å². The minimum atomic E-state index is -1.00. The van der Waals surface area contributed by atoms with Gasteiger partial charge in [0.1, 0.15) is 10.5 Å². The number of fused-ring (bicyclic) bond motifs is 1. The summed E-state index contributed by atoms with van der Waals surface area (Å²) in [6.07, 6.45) is 1.38. The average molecular weight is 341 g/mol. The fourth-order valence-electron chi connectivity index (χ4n) is 2.37. The van der Waals surface area contributed by atoms with E-state index in [0.717, 1.165) is 27.2 Å². The molecular formula is C14H15NO5S2. The lowest BCUT2D eigenvalue weighted by molar-refractivity contribution is -0.0820. The Labute approximate surface area is 134 Å². The molecule has 0 radical (unpaired) electrons. The third-order valence-electron chi connectivity index (χ3n) is 3.53. The van der Waals surface area contributed by atoms with Crippen LogP contribution in [0.15, 0.2) is 12.1 Å². The monoisotopic (exact) mass is 341 g/mol. The van der Waals surface area contributed by atoms with Crippen molar-refractivity contribution in [1.82, 2.24) is 5.32 Å². The van der Waals surface area contributed by atoms with E-state index in [-0.39, 0.29) is 23.9 Å². The highest BCUT2D eigenvalue weighted by Crippen LogP contribution is 2.33. The predicted octanol–water partition coefficient (Wildman–Crippen LogP) is 1.93. The van der Waals surface area contributed by atoms with Crippen LogP contribution in [0.25, 0.3) is 9.40 Å². The van der Waals surface area contributed by atoms with Crippen LogP contribution in [0.2, 0.25) is 0 Å². The van der Waals surface area contributed by atoms with E-state index < -0.39 is 11.6 Å². The Balaban J connectivity index is 1.67. The van der Waals surface area contributed by atoms with E-state index >= 15 is 0 Å². The van der Waals surface area contributed by atoms with E-state index in [1.54, 1.807) is 12.1 Å². The lowest BCUT2D eigenvalue weighted by atomic mass is 9.97. The van der Waals surface area contributed by atoms with Crippen molar-refractivity contribution >= 4 is 43.9 Å². The molecule has 1 unspecified atom stereocenters. The molecule has 3 N–H and O–H groups in total. The molecule has 6 nitrogen and oxygen atoms in total. The number of carbonyl (C=O) groups is 2. The molecule has 3 rings (SSSR count). The zero-order chi connectivity index (χ0) is 15.7. The van der Waals surface area contributed by atoms with Crippen molar-refractivity contribution in [3.63, 3.8) is 0 Å². The quantitative estimate of drug-likeness (QED) is 0.790. The minimum Gasteiger partial charge on any atom is -0.477 e. The summed E-state index contributed by atoms with van der Waals surface area (Å²) in [7, 11) is 0. The number of hydrogen-bond donors (Lipinski definition) is 3. The molecule has 0 bridgehead atoms. The average Bonchev–Trinajstić information content (AvgIpc) is 3.04. The molecule has 22 heavy (non-hydrogen) atoms. The Kier molecular flexibility index (Phi) is 4.18. The van der Waals surface area contributed by atoms with Crippen molar-refractivity contribution in [2.45, 2.75) is 18.4 Å². The number of carbonyl (C=O) groups excluding carboxylic acids is 1. The topological polar surface area (TPSA) is 95.9 Å². The molecule has 2 aromatic heterocycles. The van der Waals surface area contributed by atoms with Crippen molar-refractivity contribution in [3.05, 3.63) is 21.9 Å². The molecule has 118 valence electrons. The van der Waals surface area contributed by atoms with Crippen molar-refractivity contribution in [2.75, 3.05) is 19.8 Å². The third kappa shape index (κ3) is 3.14. The van der Waals surface area contributed by atoms with Crippen molar-refractivity contribution in [2.24, 2.45) is 0 Å². The molecule has 1 amide bonds. The van der Waals surface area contributed by atoms with Gasteiger partial charge in [-0.2, -0.15) is 0 Å². The maximum Gasteiger partial charge on any atom is 0.345 e. The number of carboxylic acid groups (broad SMARTS) is 1. The second-order valence-electron chi connectivity index (χ2n) is 5.33. The van der Waals surface area contributed by atoms with E-state index in [1.807, 2.05) is 0 Å². The maximum absolute atomic E-state index is 12.2. The number of nitrogens with one attached hydrogen (secondary N) is 1. The summed E-state index contributed by atoms with van der Waals surface area (Å²) in [5, 5.41) is 22.7. The second kappa shape index (κ2) is 5.96. The Morgan fingerprint density at radius 3 is 2.68 bits per heavy atom. The number of aromatic carboxylic acids is 1. The zero-order valence-corrected chi connectivity index (χ0v) is 13.3. The molecule has 1 aliphatic heterocycles. The Morgan fingerprint density at radius 1 is 1.32 bits per heavy atom. The van der Waals surface area contributed by atoms with Gasteiger partial charge in [0.05, 0.1) is 15.5 Å². The molecule has 0 spiro atoms. The first-order valence-corrected chi connectivity index (χ1v) is 8.45. The summed E-state index contributed by atoms with van der Waals surface area (Å²) < 4.78 is 6.05. The van der Waals surface area contributed by atoms with Crippen LogP contribution in [0.1, 0.15) is 32.2 Å². The molecule has 1 fully saturated rings. The number of carboxylic acids is 1. The fourth-order valence-corrected chi connectivity index (χ4v) is 4.57. The van der Waals surface area contributed by atoms with Crippen LogP contribution < -0.4 is 5.32 Å². The lowest BCUT2D eigenvalue weighted by Gasteiger charge is -2.31. The van der Waals surface area contributed by atoms with Crippen LogP contribution >= 0.6 is 22.7 Å². The number of hydrogen-bond acceptors (Lipinski definition) is 6. The molecule has 2 aromatic rings. The van der Waals surface area contributed by atoms with Gasteiger partial charge in [-0.15, -0.1) is 22.7 Å². The van der Waals surface area contributed by atoms with Gasteiger partial charge >= 0.3 is 5.97 Å². The number of aliphatic hydroxyl groups is 1. The normalized spacial score (nSPS) is 21.9. The van der Waals surface area contributed by atoms with Crippen molar-refractivity contribution < 1.29 is 24.5 Å². The van der Waals surface area contributed by atoms with Gasteiger partial charge in [0, 0.05) is 18.5 Å². The number of rotatable bonds is 4. The van der Waals surface area contributed by atoms with Crippen molar-refractivity contribution in [3.8, 4) is 0 Å². The predicted molar refractivity (Wildman–Crippen MR) is 84.0 cm³/mol. The number of thiophene rings is 2. The first-order chi connectivity index (χ1) is 10.5. The Bertz CT molecular complexity index is 682. The molecule has 1 saturated heterocycles. The Hall–Kier alpha value is -1.48. The van der Waals surface area contributed by atoms with Crippen LogP contribution in [0, 0.1) is 0 Å². The number of amides is 1. The van der Waals surface area contributed by atoms with Crippen LogP contribution in [-0.2, 0) is 4.74 Å². The lowest BCUT2D eigenvalue weighted by Crippen LogP contribution is -2.48. The van der Waals surface area contributed by atoms with Crippen LogP contribution in [0.4, 0.5) is 0 Å². The maximum atomic E-state index is 12.2. The molecule has 0 aromatic carbocycles. The fraction of sp³-hybridized carbons (Fsp3) is 0.429. The third-order valence-corrected chi connectivity index (χ3v) is 5.91. The summed E-state index contributed by atoms with van der Waals surface area (Å²) in [4.78, 5) is 23.8. The highest BCUT2D eigenvalue weighted by molar-refractivity contribution is 7.39. The SMILES string of the molecule is O=C(O)c1cc2cc(C(=O)NCC3(O)CCCOC3)sc2s1. The zero-order valence-electron chi connectivity index (χ0n) is 11.6. The first-order valence-electron chi connectivity index (χ1n) is 6.82. The van der Waals surface area contributed by atoms with E-state index in [4.69, 9.17) is 9.84 Å². The molecule has 1 aliphatic rings. The van der Waals surface area contributed by atoms with Gasteiger partial charge in [-0.3, -0.25) is 4.79 Å². The summed E-state index contributed by atoms with van der Waals surface area (Å²) >= 11 is 2.42. The molecule has 3 heterocycles. The smallest absolute Gasteiger partial charge is 0.345 e. The van der Waals surface area contributed by atoms with Gasteiger partial charge < -0.3 is 20.3 Å². The van der Waals surface area contributed by atoms with Gasteiger partial charge in [-0.05, 0) is 25.0 Å². The summed E-state index contributed by atoms with van der Waals surface area (Å²) in [5.74, 6) is -1.22. The van der Waals surface area contributed by atoms with E-state index in [0.29, 0.717) is 17.9 Å². The van der Waals surface area contributed by atoms with Crippen molar-refractivity contribution in [1.29, 1.82) is 0 Å². The molecule has 1 atom stereocenters. The summed E-state index contributed by atoms with van der Waals surface area (Å²) in [5.41, 5.74) is -1.00. The van der Waals surface area contributed by atoms with Gasteiger partial charge in [0.25, 0.3) is 5.91 Å².